The van der Waals surface area contributed by atoms with E-state index in [0.29, 0.717) is 12.5 Å². The van der Waals surface area contributed by atoms with Crippen molar-refractivity contribution in [3.63, 3.8) is 0 Å². The molecule has 0 bridgehead atoms. The lowest BCUT2D eigenvalue weighted by atomic mass is 10.2. The highest BCUT2D eigenvalue weighted by atomic mass is 35.5. The van der Waals surface area contributed by atoms with Crippen LogP contribution in [0, 0.1) is 5.92 Å². The summed E-state index contributed by atoms with van der Waals surface area (Å²) in [5, 5.41) is 8.87. The van der Waals surface area contributed by atoms with Gasteiger partial charge in [-0.3, -0.25) is 4.90 Å². The van der Waals surface area contributed by atoms with Gasteiger partial charge < -0.3 is 14.7 Å². The fourth-order valence-corrected chi connectivity index (χ4v) is 2.76. The Morgan fingerprint density at radius 1 is 1.09 bits per heavy atom. The van der Waals surface area contributed by atoms with Gasteiger partial charge in [-0.15, -0.1) is 12.4 Å². The summed E-state index contributed by atoms with van der Waals surface area (Å²) in [6.07, 6.45) is 2.00. The number of ether oxygens (including phenoxy) is 1. The highest BCUT2D eigenvalue weighted by molar-refractivity contribution is 5.85. The van der Waals surface area contributed by atoms with Crippen LogP contribution >= 0.6 is 12.4 Å². The molecular weight excluding hydrogens is 312 g/mol. The Hall–Kier alpha value is -0.970. The van der Waals surface area contributed by atoms with Crippen LogP contribution in [-0.2, 0) is 0 Å². The van der Waals surface area contributed by atoms with Crippen LogP contribution in [-0.4, -0.2) is 55.9 Å². The van der Waals surface area contributed by atoms with Crippen molar-refractivity contribution in [1.82, 2.24) is 4.90 Å². The molecule has 0 amide bonds. The zero-order valence-electron chi connectivity index (χ0n) is 14.4. The molecule has 5 heteroatoms. The first-order valence-corrected chi connectivity index (χ1v) is 8.50. The Kier molecular flexibility index (Phi) is 9.37. The molecule has 1 aromatic rings. The van der Waals surface area contributed by atoms with Gasteiger partial charge in [0.25, 0.3) is 0 Å². The molecule has 0 unspecified atom stereocenters. The number of aliphatic hydroxyl groups excluding tert-OH is 1. The van der Waals surface area contributed by atoms with Gasteiger partial charge in [-0.05, 0) is 37.4 Å². The molecule has 1 aliphatic heterocycles. The van der Waals surface area contributed by atoms with Gasteiger partial charge in [0.2, 0.25) is 0 Å². The molecule has 0 aromatic heterocycles. The third-order valence-corrected chi connectivity index (χ3v) is 4.03. The Morgan fingerprint density at radius 2 is 1.78 bits per heavy atom. The number of nitrogens with zero attached hydrogens (tertiary/aromatic N) is 2. The average Bonchev–Trinajstić information content (AvgIpc) is 2.54. The summed E-state index contributed by atoms with van der Waals surface area (Å²) in [5.74, 6) is 1.54. The standard InChI is InChI=1S/C18H30N2O2.ClH/c1-16(2)15-22-18-8-4-3-7-17(18)20-12-10-19(11-13-20)9-5-6-14-21;/h3-4,7-8,16,21H,5-6,9-15H2,1-2H3;1H. The van der Waals surface area contributed by atoms with E-state index in [4.69, 9.17) is 9.84 Å². The number of piperazine rings is 1. The summed E-state index contributed by atoms with van der Waals surface area (Å²) in [6.45, 7) is 10.8. The third kappa shape index (κ3) is 6.58. The molecule has 1 aliphatic rings. The van der Waals surface area contributed by atoms with Gasteiger partial charge in [0.1, 0.15) is 5.75 Å². The van der Waals surface area contributed by atoms with Crippen molar-refractivity contribution < 1.29 is 9.84 Å². The maximum atomic E-state index is 8.87. The molecule has 0 aliphatic carbocycles. The maximum Gasteiger partial charge on any atom is 0.142 e. The summed E-state index contributed by atoms with van der Waals surface area (Å²) in [5.41, 5.74) is 1.22. The number of benzene rings is 1. The molecule has 1 saturated heterocycles. The maximum absolute atomic E-state index is 8.87. The largest absolute Gasteiger partial charge is 0.491 e. The van der Waals surface area contributed by atoms with Gasteiger partial charge in [0.15, 0.2) is 0 Å². The van der Waals surface area contributed by atoms with E-state index in [-0.39, 0.29) is 12.4 Å². The Labute approximate surface area is 146 Å². The minimum absolute atomic E-state index is 0. The van der Waals surface area contributed by atoms with E-state index in [9.17, 15) is 0 Å². The number of rotatable bonds is 8. The second kappa shape index (κ2) is 10.7. The predicted octanol–water partition coefficient (Wildman–Crippen LogP) is 3.04. The summed E-state index contributed by atoms with van der Waals surface area (Å²) >= 11 is 0. The summed E-state index contributed by atoms with van der Waals surface area (Å²) in [4.78, 5) is 4.92. The van der Waals surface area contributed by atoms with Crippen molar-refractivity contribution in [1.29, 1.82) is 0 Å². The van der Waals surface area contributed by atoms with Crippen molar-refractivity contribution in [2.45, 2.75) is 26.7 Å². The highest BCUT2D eigenvalue weighted by Gasteiger charge is 2.19. The van der Waals surface area contributed by atoms with Crippen LogP contribution in [0.15, 0.2) is 24.3 Å². The molecule has 0 saturated carbocycles. The van der Waals surface area contributed by atoms with Crippen LogP contribution in [0.5, 0.6) is 5.75 Å². The van der Waals surface area contributed by atoms with Gasteiger partial charge >= 0.3 is 0 Å². The second-order valence-corrected chi connectivity index (χ2v) is 6.43. The first kappa shape index (κ1) is 20.1. The number of halogens is 1. The quantitative estimate of drug-likeness (QED) is 0.737. The molecule has 132 valence electrons. The van der Waals surface area contributed by atoms with Crippen molar-refractivity contribution >= 4 is 18.1 Å². The summed E-state index contributed by atoms with van der Waals surface area (Å²) in [6, 6.07) is 8.37. The lowest BCUT2D eigenvalue weighted by Gasteiger charge is -2.36. The topological polar surface area (TPSA) is 35.9 Å². The van der Waals surface area contributed by atoms with E-state index < -0.39 is 0 Å². The number of anilines is 1. The van der Waals surface area contributed by atoms with E-state index in [0.717, 1.165) is 57.9 Å². The SMILES string of the molecule is CC(C)COc1ccccc1N1CCN(CCCCO)CC1.Cl. The Bertz CT molecular complexity index is 435. The first-order valence-electron chi connectivity index (χ1n) is 8.50. The molecule has 0 spiro atoms. The molecule has 4 nitrogen and oxygen atoms in total. The fourth-order valence-electron chi connectivity index (χ4n) is 2.76. The lowest BCUT2D eigenvalue weighted by Crippen LogP contribution is -2.46. The number of para-hydroxylation sites is 2. The van der Waals surface area contributed by atoms with Crippen LogP contribution in [0.3, 0.4) is 0 Å². The molecule has 23 heavy (non-hydrogen) atoms. The molecule has 1 fully saturated rings. The summed E-state index contributed by atoms with van der Waals surface area (Å²) < 4.78 is 5.98. The molecule has 0 atom stereocenters. The molecule has 1 heterocycles. The molecule has 0 radical (unpaired) electrons. The van der Waals surface area contributed by atoms with Gasteiger partial charge in [-0.25, -0.2) is 0 Å². The molecule has 1 N–H and O–H groups in total. The zero-order chi connectivity index (χ0) is 15.8. The number of hydrogen-bond donors (Lipinski definition) is 1. The average molecular weight is 343 g/mol. The smallest absolute Gasteiger partial charge is 0.142 e. The zero-order valence-corrected chi connectivity index (χ0v) is 15.2. The Morgan fingerprint density at radius 3 is 2.43 bits per heavy atom. The highest BCUT2D eigenvalue weighted by Crippen LogP contribution is 2.29. The minimum atomic E-state index is 0. The third-order valence-electron chi connectivity index (χ3n) is 4.03. The van der Waals surface area contributed by atoms with Crippen LogP contribution in [0.4, 0.5) is 5.69 Å². The summed E-state index contributed by atoms with van der Waals surface area (Å²) in [7, 11) is 0. The van der Waals surface area contributed by atoms with E-state index in [1.165, 1.54) is 5.69 Å². The van der Waals surface area contributed by atoms with E-state index in [2.05, 4.69) is 41.8 Å². The van der Waals surface area contributed by atoms with E-state index >= 15 is 0 Å². The molecular formula is C18H31ClN2O2. The molecule has 2 rings (SSSR count). The monoisotopic (exact) mass is 342 g/mol. The van der Waals surface area contributed by atoms with Gasteiger partial charge in [-0.1, -0.05) is 26.0 Å². The van der Waals surface area contributed by atoms with Crippen molar-refractivity contribution in [3.8, 4) is 5.75 Å². The van der Waals surface area contributed by atoms with Gasteiger partial charge in [-0.2, -0.15) is 0 Å². The Balaban J connectivity index is 0.00000264. The first-order chi connectivity index (χ1) is 10.7. The van der Waals surface area contributed by atoms with E-state index in [1.54, 1.807) is 0 Å². The number of aliphatic hydroxyl groups is 1. The predicted molar refractivity (Wildman–Crippen MR) is 99.0 cm³/mol. The van der Waals surface area contributed by atoms with E-state index in [1.807, 2.05) is 6.07 Å². The van der Waals surface area contributed by atoms with Crippen LogP contribution in [0.1, 0.15) is 26.7 Å². The van der Waals surface area contributed by atoms with Crippen molar-refractivity contribution in [2.24, 2.45) is 5.92 Å². The van der Waals surface area contributed by atoms with Crippen LogP contribution in [0.25, 0.3) is 0 Å². The van der Waals surface area contributed by atoms with Crippen molar-refractivity contribution in [3.05, 3.63) is 24.3 Å². The minimum Gasteiger partial charge on any atom is -0.491 e. The van der Waals surface area contributed by atoms with Gasteiger partial charge in [0.05, 0.1) is 12.3 Å². The second-order valence-electron chi connectivity index (χ2n) is 6.43. The van der Waals surface area contributed by atoms with Crippen LogP contribution in [0.2, 0.25) is 0 Å². The number of hydrogen-bond acceptors (Lipinski definition) is 4. The molecule has 1 aromatic carbocycles. The van der Waals surface area contributed by atoms with Crippen LogP contribution < -0.4 is 9.64 Å². The fraction of sp³-hybridized carbons (Fsp3) is 0.667. The lowest BCUT2D eigenvalue weighted by molar-refractivity contribution is 0.231. The van der Waals surface area contributed by atoms with Crippen molar-refractivity contribution in [2.75, 3.05) is 50.8 Å². The van der Waals surface area contributed by atoms with Gasteiger partial charge in [0, 0.05) is 32.8 Å². The normalized spacial score (nSPS) is 15.6. The number of unbranched alkanes of at least 4 members (excludes halogenated alkanes) is 1.